The molecule has 0 saturated carbocycles. The molecule has 26 heavy (non-hydrogen) atoms. The Morgan fingerprint density at radius 3 is 2.73 bits per heavy atom. The first-order chi connectivity index (χ1) is 12.6. The third kappa shape index (κ3) is 3.11. The number of esters is 1. The van der Waals surface area contributed by atoms with Crippen molar-refractivity contribution in [3.05, 3.63) is 71.8 Å². The van der Waals surface area contributed by atoms with Crippen molar-refractivity contribution < 1.29 is 19.1 Å². The van der Waals surface area contributed by atoms with Crippen molar-refractivity contribution >= 4 is 28.3 Å². The summed E-state index contributed by atoms with van der Waals surface area (Å²) in [4.78, 5) is 23.9. The lowest BCUT2D eigenvalue weighted by molar-refractivity contribution is -0.118. The van der Waals surface area contributed by atoms with Gasteiger partial charge in [-0.3, -0.25) is 4.79 Å². The maximum absolute atomic E-state index is 12.5. The predicted molar refractivity (Wildman–Crippen MR) is 98.3 cm³/mol. The fourth-order valence-electron chi connectivity index (χ4n) is 2.97. The maximum atomic E-state index is 12.5. The van der Waals surface area contributed by atoms with Crippen molar-refractivity contribution in [3.8, 4) is 5.75 Å². The summed E-state index contributed by atoms with van der Waals surface area (Å²) < 4.78 is 10.9. The van der Waals surface area contributed by atoms with E-state index in [-0.39, 0.29) is 12.5 Å². The van der Waals surface area contributed by atoms with Crippen LogP contribution in [0, 0.1) is 0 Å². The zero-order chi connectivity index (χ0) is 18.1. The minimum absolute atomic E-state index is 0.0181. The summed E-state index contributed by atoms with van der Waals surface area (Å²) in [6.45, 7) is 1.82. The van der Waals surface area contributed by atoms with Crippen molar-refractivity contribution in [2.75, 3.05) is 11.9 Å². The highest BCUT2D eigenvalue weighted by Crippen LogP contribution is 2.30. The molecule has 5 heteroatoms. The van der Waals surface area contributed by atoms with E-state index in [1.165, 1.54) is 0 Å². The number of anilines is 1. The van der Waals surface area contributed by atoms with Gasteiger partial charge in [-0.1, -0.05) is 36.4 Å². The predicted octanol–water partition coefficient (Wildman–Crippen LogP) is 4.09. The van der Waals surface area contributed by atoms with Gasteiger partial charge < -0.3 is 14.8 Å². The quantitative estimate of drug-likeness (QED) is 0.725. The number of hydrogen-bond acceptors (Lipinski definition) is 4. The third-order valence-electron chi connectivity index (χ3n) is 4.37. The summed E-state index contributed by atoms with van der Waals surface area (Å²) in [6, 6.07) is 18.9. The molecule has 1 heterocycles. The fourth-order valence-corrected chi connectivity index (χ4v) is 2.97. The van der Waals surface area contributed by atoms with Crippen LogP contribution in [0.1, 0.15) is 28.9 Å². The topological polar surface area (TPSA) is 64.6 Å². The first-order valence-electron chi connectivity index (χ1n) is 8.36. The van der Waals surface area contributed by atoms with Crippen LogP contribution in [0.25, 0.3) is 10.8 Å². The van der Waals surface area contributed by atoms with Gasteiger partial charge in [0.05, 0.1) is 11.3 Å². The van der Waals surface area contributed by atoms with Crippen LogP contribution in [0.4, 0.5) is 5.69 Å². The molecule has 0 fully saturated rings. The van der Waals surface area contributed by atoms with E-state index in [0.29, 0.717) is 17.0 Å². The van der Waals surface area contributed by atoms with Crippen LogP contribution in [0.15, 0.2) is 60.7 Å². The number of nitrogens with one attached hydrogen (secondary N) is 1. The van der Waals surface area contributed by atoms with Crippen molar-refractivity contribution in [3.63, 3.8) is 0 Å². The number of amides is 1. The molecule has 130 valence electrons. The van der Waals surface area contributed by atoms with Gasteiger partial charge in [-0.2, -0.15) is 0 Å². The standard InChI is InChI=1S/C21H17NO4/c1-13(15-7-6-14-4-2-3-5-16(14)10-15)26-21(24)17-8-9-19-18(11-17)22-20(23)12-25-19/h2-11,13H,12H2,1H3,(H,22,23). The smallest absolute Gasteiger partial charge is 0.338 e. The van der Waals surface area contributed by atoms with Gasteiger partial charge in [-0.15, -0.1) is 0 Å². The van der Waals surface area contributed by atoms with E-state index in [2.05, 4.69) is 5.32 Å². The Morgan fingerprint density at radius 2 is 1.88 bits per heavy atom. The summed E-state index contributed by atoms with van der Waals surface area (Å²) in [5.41, 5.74) is 1.77. The lowest BCUT2D eigenvalue weighted by atomic mass is 10.0. The van der Waals surface area contributed by atoms with E-state index < -0.39 is 12.1 Å². The molecule has 1 aliphatic heterocycles. The first-order valence-corrected chi connectivity index (χ1v) is 8.36. The molecule has 4 rings (SSSR count). The highest BCUT2D eigenvalue weighted by Gasteiger charge is 2.20. The molecule has 1 amide bonds. The van der Waals surface area contributed by atoms with E-state index in [4.69, 9.17) is 9.47 Å². The number of ether oxygens (including phenoxy) is 2. The van der Waals surface area contributed by atoms with E-state index in [1.807, 2.05) is 49.4 Å². The number of rotatable bonds is 3. The third-order valence-corrected chi connectivity index (χ3v) is 4.37. The summed E-state index contributed by atoms with van der Waals surface area (Å²) in [5, 5.41) is 4.93. The Bertz CT molecular complexity index is 1010. The van der Waals surface area contributed by atoms with Crippen LogP contribution in [-0.4, -0.2) is 18.5 Å². The molecule has 0 aromatic heterocycles. The molecule has 1 aliphatic rings. The van der Waals surface area contributed by atoms with Crippen molar-refractivity contribution in [2.24, 2.45) is 0 Å². The molecule has 3 aromatic carbocycles. The summed E-state index contributed by atoms with van der Waals surface area (Å²) in [6.07, 6.45) is -0.394. The molecule has 0 bridgehead atoms. The highest BCUT2D eigenvalue weighted by atomic mass is 16.5. The second-order valence-corrected chi connectivity index (χ2v) is 6.20. The van der Waals surface area contributed by atoms with Crippen LogP contribution in [0.2, 0.25) is 0 Å². The fraction of sp³-hybridized carbons (Fsp3) is 0.143. The highest BCUT2D eigenvalue weighted by molar-refractivity contribution is 5.98. The average molecular weight is 347 g/mol. The molecule has 1 atom stereocenters. The van der Waals surface area contributed by atoms with Crippen LogP contribution >= 0.6 is 0 Å². The Kier molecular flexibility index (Phi) is 4.05. The number of fused-ring (bicyclic) bond motifs is 2. The van der Waals surface area contributed by atoms with Crippen LogP contribution in [-0.2, 0) is 9.53 Å². The van der Waals surface area contributed by atoms with E-state index in [1.54, 1.807) is 18.2 Å². The zero-order valence-corrected chi connectivity index (χ0v) is 14.2. The zero-order valence-electron chi connectivity index (χ0n) is 14.2. The van der Waals surface area contributed by atoms with Crippen molar-refractivity contribution in [1.29, 1.82) is 0 Å². The largest absolute Gasteiger partial charge is 0.482 e. The van der Waals surface area contributed by atoms with Gasteiger partial charge in [-0.25, -0.2) is 4.79 Å². The van der Waals surface area contributed by atoms with Gasteiger partial charge in [0, 0.05) is 0 Å². The Balaban J connectivity index is 1.53. The second kappa shape index (κ2) is 6.52. The van der Waals surface area contributed by atoms with Gasteiger partial charge in [0.1, 0.15) is 11.9 Å². The number of benzene rings is 3. The molecule has 0 saturated heterocycles. The molecular formula is C21H17NO4. The van der Waals surface area contributed by atoms with Crippen LogP contribution in [0.3, 0.4) is 0 Å². The summed E-state index contributed by atoms with van der Waals surface area (Å²) in [5.74, 6) is -0.149. The molecule has 0 aliphatic carbocycles. The first kappa shape index (κ1) is 16.1. The monoisotopic (exact) mass is 347 g/mol. The number of carbonyl (C=O) groups excluding carboxylic acids is 2. The molecule has 1 N–H and O–H groups in total. The van der Waals surface area contributed by atoms with E-state index >= 15 is 0 Å². The summed E-state index contributed by atoms with van der Waals surface area (Å²) in [7, 11) is 0. The summed E-state index contributed by atoms with van der Waals surface area (Å²) >= 11 is 0. The minimum atomic E-state index is -0.451. The normalized spacial score (nSPS) is 14.1. The molecule has 0 spiro atoms. The Morgan fingerprint density at radius 1 is 1.08 bits per heavy atom. The number of hydrogen-bond donors (Lipinski definition) is 1. The second-order valence-electron chi connectivity index (χ2n) is 6.20. The van der Waals surface area contributed by atoms with Crippen molar-refractivity contribution in [2.45, 2.75) is 13.0 Å². The molecule has 3 aromatic rings. The van der Waals surface area contributed by atoms with Crippen LogP contribution < -0.4 is 10.1 Å². The van der Waals surface area contributed by atoms with Crippen molar-refractivity contribution in [1.82, 2.24) is 0 Å². The maximum Gasteiger partial charge on any atom is 0.338 e. The SMILES string of the molecule is CC(OC(=O)c1ccc2c(c1)NC(=O)CO2)c1ccc2ccccc2c1. The van der Waals surface area contributed by atoms with Gasteiger partial charge in [0.25, 0.3) is 5.91 Å². The molecular weight excluding hydrogens is 330 g/mol. The molecule has 0 radical (unpaired) electrons. The molecule has 1 unspecified atom stereocenters. The Hall–Kier alpha value is -3.34. The van der Waals surface area contributed by atoms with Gasteiger partial charge in [0.2, 0.25) is 0 Å². The van der Waals surface area contributed by atoms with E-state index in [0.717, 1.165) is 16.3 Å². The lowest BCUT2D eigenvalue weighted by Crippen LogP contribution is -2.25. The van der Waals surface area contributed by atoms with E-state index in [9.17, 15) is 9.59 Å². The van der Waals surface area contributed by atoms with Gasteiger partial charge >= 0.3 is 5.97 Å². The van der Waals surface area contributed by atoms with Gasteiger partial charge in [-0.05, 0) is 47.5 Å². The minimum Gasteiger partial charge on any atom is -0.482 e. The number of carbonyl (C=O) groups is 2. The molecule has 5 nitrogen and oxygen atoms in total. The Labute approximate surface area is 150 Å². The average Bonchev–Trinajstić information content (AvgIpc) is 2.66. The lowest BCUT2D eigenvalue weighted by Gasteiger charge is -2.19. The van der Waals surface area contributed by atoms with Crippen LogP contribution in [0.5, 0.6) is 5.75 Å². The van der Waals surface area contributed by atoms with Gasteiger partial charge in [0.15, 0.2) is 6.61 Å².